The summed E-state index contributed by atoms with van der Waals surface area (Å²) >= 11 is 0. The van der Waals surface area contributed by atoms with Crippen molar-refractivity contribution in [2.75, 3.05) is 25.5 Å². The summed E-state index contributed by atoms with van der Waals surface area (Å²) in [6, 6.07) is 5.37. The summed E-state index contributed by atoms with van der Waals surface area (Å²) in [5.41, 5.74) is 2.85. The van der Waals surface area contributed by atoms with Gasteiger partial charge in [0.25, 0.3) is 0 Å². The average molecular weight is 340 g/mol. The fourth-order valence-corrected chi connectivity index (χ4v) is 2.97. The molecule has 7 nitrogen and oxygen atoms in total. The van der Waals surface area contributed by atoms with Crippen LogP contribution < -0.4 is 16.0 Å². The van der Waals surface area contributed by atoms with Crippen LogP contribution in [0.4, 0.5) is 5.82 Å². The largest absolute Gasteiger partial charge is 0.358 e. The smallest absolute Gasteiger partial charge is 0.242 e. The van der Waals surface area contributed by atoms with Crippen molar-refractivity contribution in [3.05, 3.63) is 35.7 Å². The summed E-state index contributed by atoms with van der Waals surface area (Å²) < 4.78 is 0. The number of nitrogens with zero attached hydrogens (tertiary/aromatic N) is 3. The van der Waals surface area contributed by atoms with Gasteiger partial charge in [-0.2, -0.15) is 0 Å². The molecule has 0 spiro atoms. The van der Waals surface area contributed by atoms with Gasteiger partial charge in [0, 0.05) is 31.8 Å². The summed E-state index contributed by atoms with van der Waals surface area (Å²) in [5, 5.41) is 9.42. The van der Waals surface area contributed by atoms with Gasteiger partial charge in [0.1, 0.15) is 17.6 Å². The maximum Gasteiger partial charge on any atom is 0.242 e. The van der Waals surface area contributed by atoms with E-state index in [0.29, 0.717) is 12.2 Å². The van der Waals surface area contributed by atoms with Crippen molar-refractivity contribution in [1.82, 2.24) is 25.6 Å². The Morgan fingerprint density at radius 1 is 1.28 bits per heavy atom. The molecule has 1 amide bonds. The molecule has 0 saturated heterocycles. The van der Waals surface area contributed by atoms with E-state index in [2.05, 4.69) is 20.9 Å². The molecule has 0 radical (unpaired) electrons. The molecule has 2 aromatic heterocycles. The molecule has 0 aliphatic carbocycles. The van der Waals surface area contributed by atoms with E-state index in [9.17, 15) is 4.79 Å². The second kappa shape index (κ2) is 8.02. The Balaban J connectivity index is 2.03. The van der Waals surface area contributed by atoms with Crippen molar-refractivity contribution in [3.8, 4) is 11.5 Å². The van der Waals surface area contributed by atoms with Gasteiger partial charge in [-0.15, -0.1) is 0 Å². The molecule has 0 saturated carbocycles. The summed E-state index contributed by atoms with van der Waals surface area (Å²) in [5.74, 6) is 1.29. The number of fused-ring (bicyclic) bond motifs is 1. The van der Waals surface area contributed by atoms with Crippen LogP contribution in [0.3, 0.4) is 0 Å². The number of nitrogens with one attached hydrogen (secondary N) is 3. The Hall–Kier alpha value is -2.54. The van der Waals surface area contributed by atoms with Crippen molar-refractivity contribution in [1.29, 1.82) is 0 Å². The van der Waals surface area contributed by atoms with Gasteiger partial charge < -0.3 is 16.0 Å². The molecule has 3 rings (SSSR count). The van der Waals surface area contributed by atoms with Gasteiger partial charge in [-0.05, 0) is 31.5 Å². The van der Waals surface area contributed by atoms with E-state index in [4.69, 9.17) is 9.97 Å². The molecule has 132 valence electrons. The molecule has 0 fully saturated rings. The van der Waals surface area contributed by atoms with Crippen LogP contribution in [-0.4, -0.2) is 47.0 Å². The monoisotopic (exact) mass is 340 g/mol. The SMILES string of the molecule is CCC(Nc1nc(-c2ccccn2)nc2c1CCNCC2)C(=O)NC. The van der Waals surface area contributed by atoms with Gasteiger partial charge in [0.15, 0.2) is 5.82 Å². The molecule has 3 heterocycles. The van der Waals surface area contributed by atoms with E-state index in [-0.39, 0.29) is 11.9 Å². The first-order valence-corrected chi connectivity index (χ1v) is 8.73. The van der Waals surface area contributed by atoms with E-state index < -0.39 is 0 Å². The summed E-state index contributed by atoms with van der Waals surface area (Å²) in [7, 11) is 1.65. The predicted molar refractivity (Wildman–Crippen MR) is 97.3 cm³/mol. The predicted octanol–water partition coefficient (Wildman–Crippen LogP) is 1.16. The zero-order valence-electron chi connectivity index (χ0n) is 14.7. The number of anilines is 1. The zero-order chi connectivity index (χ0) is 17.6. The fourth-order valence-electron chi connectivity index (χ4n) is 2.97. The Morgan fingerprint density at radius 2 is 2.12 bits per heavy atom. The standard InChI is InChI=1S/C18H24N6O/c1-3-13(18(25)19-2)22-16-12-7-10-20-11-8-14(12)23-17(24-16)15-6-4-5-9-21-15/h4-6,9,13,20H,3,7-8,10-11H2,1-2H3,(H,19,25)(H,22,23,24). The van der Waals surface area contributed by atoms with Gasteiger partial charge in [0.2, 0.25) is 5.91 Å². The Labute approximate surface area is 147 Å². The van der Waals surface area contributed by atoms with Gasteiger partial charge in [0.05, 0.1) is 5.69 Å². The number of hydrogen-bond donors (Lipinski definition) is 3. The maximum atomic E-state index is 12.1. The fraction of sp³-hybridized carbons (Fsp3) is 0.444. The minimum absolute atomic E-state index is 0.0407. The van der Waals surface area contributed by atoms with Crippen LogP contribution in [-0.2, 0) is 17.6 Å². The Kier molecular flexibility index (Phi) is 5.55. The van der Waals surface area contributed by atoms with Crippen molar-refractivity contribution < 1.29 is 4.79 Å². The van der Waals surface area contributed by atoms with Crippen LogP contribution in [0, 0.1) is 0 Å². The molecule has 2 aromatic rings. The van der Waals surface area contributed by atoms with Crippen molar-refractivity contribution in [3.63, 3.8) is 0 Å². The number of amides is 1. The zero-order valence-corrected chi connectivity index (χ0v) is 14.7. The molecule has 3 N–H and O–H groups in total. The lowest BCUT2D eigenvalue weighted by Crippen LogP contribution is -2.37. The number of pyridine rings is 1. The van der Waals surface area contributed by atoms with Crippen LogP contribution in [0.1, 0.15) is 24.6 Å². The minimum Gasteiger partial charge on any atom is -0.358 e. The molecule has 1 atom stereocenters. The summed E-state index contributed by atoms with van der Waals surface area (Å²) in [6.07, 6.45) is 4.08. The molecule has 1 aliphatic heterocycles. The first-order chi connectivity index (χ1) is 12.2. The first-order valence-electron chi connectivity index (χ1n) is 8.73. The first kappa shape index (κ1) is 17.3. The molecule has 0 bridgehead atoms. The molecule has 0 aromatic carbocycles. The van der Waals surface area contributed by atoms with Crippen LogP contribution in [0.25, 0.3) is 11.5 Å². The number of aromatic nitrogens is 3. The summed E-state index contributed by atoms with van der Waals surface area (Å²) in [6.45, 7) is 3.75. The minimum atomic E-state index is -0.322. The van der Waals surface area contributed by atoms with E-state index in [0.717, 1.165) is 48.7 Å². The van der Waals surface area contributed by atoms with E-state index in [1.54, 1.807) is 13.2 Å². The van der Waals surface area contributed by atoms with E-state index in [1.807, 2.05) is 25.1 Å². The molecule has 25 heavy (non-hydrogen) atoms. The highest BCUT2D eigenvalue weighted by Gasteiger charge is 2.22. The van der Waals surface area contributed by atoms with Gasteiger partial charge >= 0.3 is 0 Å². The van der Waals surface area contributed by atoms with Crippen molar-refractivity contribution >= 4 is 11.7 Å². The number of carbonyl (C=O) groups is 1. The van der Waals surface area contributed by atoms with Gasteiger partial charge in [-0.25, -0.2) is 9.97 Å². The lowest BCUT2D eigenvalue weighted by Gasteiger charge is -2.20. The van der Waals surface area contributed by atoms with Crippen molar-refractivity contribution in [2.24, 2.45) is 0 Å². The molecule has 1 aliphatic rings. The quantitative estimate of drug-likeness (QED) is 0.757. The van der Waals surface area contributed by atoms with Crippen molar-refractivity contribution in [2.45, 2.75) is 32.2 Å². The second-order valence-corrected chi connectivity index (χ2v) is 6.01. The van der Waals surface area contributed by atoms with Crippen LogP contribution in [0.2, 0.25) is 0 Å². The van der Waals surface area contributed by atoms with Crippen LogP contribution in [0.5, 0.6) is 0 Å². The van der Waals surface area contributed by atoms with Crippen LogP contribution >= 0.6 is 0 Å². The highest BCUT2D eigenvalue weighted by atomic mass is 16.2. The molecule has 1 unspecified atom stereocenters. The Morgan fingerprint density at radius 3 is 2.84 bits per heavy atom. The lowest BCUT2D eigenvalue weighted by molar-refractivity contribution is -0.121. The topological polar surface area (TPSA) is 91.8 Å². The Bertz CT molecular complexity index is 734. The molecular formula is C18H24N6O. The van der Waals surface area contributed by atoms with Gasteiger partial charge in [-0.3, -0.25) is 9.78 Å². The van der Waals surface area contributed by atoms with E-state index >= 15 is 0 Å². The molecule has 7 heteroatoms. The number of likely N-dealkylation sites (N-methyl/N-ethyl adjacent to an activating group) is 1. The average Bonchev–Trinajstić information content (AvgIpc) is 2.91. The van der Waals surface area contributed by atoms with Gasteiger partial charge in [-0.1, -0.05) is 13.0 Å². The summed E-state index contributed by atoms with van der Waals surface area (Å²) in [4.78, 5) is 25.9. The maximum absolute atomic E-state index is 12.1. The third-order valence-corrected chi connectivity index (χ3v) is 4.36. The highest BCUT2D eigenvalue weighted by molar-refractivity contribution is 5.84. The normalized spacial score (nSPS) is 15.0. The highest BCUT2D eigenvalue weighted by Crippen LogP contribution is 2.24. The van der Waals surface area contributed by atoms with E-state index in [1.165, 1.54) is 0 Å². The number of carbonyl (C=O) groups excluding carboxylic acids is 1. The lowest BCUT2D eigenvalue weighted by atomic mass is 10.1. The molecular weight excluding hydrogens is 316 g/mol. The number of hydrogen-bond acceptors (Lipinski definition) is 6. The second-order valence-electron chi connectivity index (χ2n) is 6.01. The third kappa shape index (κ3) is 3.93. The third-order valence-electron chi connectivity index (χ3n) is 4.36. The van der Waals surface area contributed by atoms with Crippen LogP contribution in [0.15, 0.2) is 24.4 Å². The number of rotatable bonds is 5.